The van der Waals surface area contributed by atoms with Crippen LogP contribution in [0.25, 0.3) is 0 Å². The SMILES string of the molecule is COCc1nc(Cc2ccccc2Br)nc(Cl)c1I. The molecule has 0 aliphatic heterocycles. The zero-order valence-corrected chi connectivity index (χ0v) is 14.7. The lowest BCUT2D eigenvalue weighted by Gasteiger charge is -2.08. The second kappa shape index (κ2) is 6.97. The molecular formula is C13H11BrClIN2O. The minimum absolute atomic E-state index is 0.434. The third-order valence-electron chi connectivity index (χ3n) is 2.51. The van der Waals surface area contributed by atoms with E-state index in [0.717, 1.165) is 19.3 Å². The zero-order valence-electron chi connectivity index (χ0n) is 10.2. The summed E-state index contributed by atoms with van der Waals surface area (Å²) in [5.41, 5.74) is 1.95. The number of methoxy groups -OCH3 is 1. The molecule has 0 amide bonds. The molecule has 2 rings (SSSR count). The van der Waals surface area contributed by atoms with Crippen molar-refractivity contribution < 1.29 is 4.74 Å². The van der Waals surface area contributed by atoms with Gasteiger partial charge >= 0.3 is 0 Å². The third kappa shape index (κ3) is 3.87. The van der Waals surface area contributed by atoms with Crippen LogP contribution in [-0.4, -0.2) is 17.1 Å². The topological polar surface area (TPSA) is 35.0 Å². The molecule has 0 saturated heterocycles. The average molecular weight is 454 g/mol. The number of aromatic nitrogens is 2. The summed E-state index contributed by atoms with van der Waals surface area (Å²) in [5, 5.41) is 0.477. The fourth-order valence-corrected chi connectivity index (χ4v) is 2.66. The van der Waals surface area contributed by atoms with Crippen LogP contribution in [0.2, 0.25) is 5.15 Å². The van der Waals surface area contributed by atoms with E-state index in [1.54, 1.807) is 7.11 Å². The molecule has 0 saturated carbocycles. The summed E-state index contributed by atoms with van der Waals surface area (Å²) in [5.74, 6) is 0.698. The maximum Gasteiger partial charge on any atom is 0.146 e. The first-order valence-corrected chi connectivity index (χ1v) is 7.80. The zero-order chi connectivity index (χ0) is 13.8. The summed E-state index contributed by atoms with van der Waals surface area (Å²) in [6.07, 6.45) is 0.634. The van der Waals surface area contributed by atoms with Crippen LogP contribution in [0.3, 0.4) is 0 Å². The van der Waals surface area contributed by atoms with Gasteiger partial charge in [0.15, 0.2) is 0 Å². The number of ether oxygens (including phenoxy) is 1. The first-order valence-electron chi connectivity index (χ1n) is 5.55. The van der Waals surface area contributed by atoms with Crippen LogP contribution in [-0.2, 0) is 17.8 Å². The van der Waals surface area contributed by atoms with Crippen LogP contribution in [0.15, 0.2) is 28.7 Å². The second-order valence-corrected chi connectivity index (χ2v) is 6.18. The van der Waals surface area contributed by atoms with Crippen molar-refractivity contribution in [1.29, 1.82) is 0 Å². The minimum Gasteiger partial charge on any atom is -0.378 e. The maximum atomic E-state index is 6.13. The Kier molecular flexibility index (Phi) is 5.56. The van der Waals surface area contributed by atoms with Gasteiger partial charge in [-0.3, -0.25) is 0 Å². The molecule has 3 nitrogen and oxygen atoms in total. The van der Waals surface area contributed by atoms with Crippen molar-refractivity contribution in [3.8, 4) is 0 Å². The lowest BCUT2D eigenvalue weighted by atomic mass is 10.1. The Labute approximate surface area is 139 Å². The van der Waals surface area contributed by atoms with Gasteiger partial charge in [-0.1, -0.05) is 45.7 Å². The Balaban J connectivity index is 2.33. The van der Waals surface area contributed by atoms with Gasteiger partial charge in [-0.05, 0) is 34.2 Å². The van der Waals surface area contributed by atoms with Gasteiger partial charge in [-0.2, -0.15) is 0 Å². The number of halogens is 3. The Bertz CT molecular complexity index is 595. The van der Waals surface area contributed by atoms with Gasteiger partial charge in [0.05, 0.1) is 15.9 Å². The molecule has 0 radical (unpaired) electrons. The van der Waals surface area contributed by atoms with Crippen molar-refractivity contribution in [3.05, 3.63) is 54.5 Å². The van der Waals surface area contributed by atoms with Crippen molar-refractivity contribution in [3.63, 3.8) is 0 Å². The lowest BCUT2D eigenvalue weighted by molar-refractivity contribution is 0.180. The molecule has 0 aliphatic rings. The second-order valence-electron chi connectivity index (χ2n) is 3.89. The summed E-state index contributed by atoms with van der Waals surface area (Å²) in [6, 6.07) is 8.01. The van der Waals surface area contributed by atoms with E-state index in [4.69, 9.17) is 16.3 Å². The van der Waals surface area contributed by atoms with E-state index in [-0.39, 0.29) is 0 Å². The van der Waals surface area contributed by atoms with Crippen LogP contribution < -0.4 is 0 Å². The van der Waals surface area contributed by atoms with E-state index >= 15 is 0 Å². The first-order chi connectivity index (χ1) is 9.11. The highest BCUT2D eigenvalue weighted by Crippen LogP contribution is 2.23. The number of benzene rings is 1. The van der Waals surface area contributed by atoms with E-state index in [1.165, 1.54) is 0 Å². The Morgan fingerprint density at radius 2 is 2.05 bits per heavy atom. The molecular weight excluding hydrogens is 442 g/mol. The highest BCUT2D eigenvalue weighted by Gasteiger charge is 2.11. The van der Waals surface area contributed by atoms with E-state index in [1.807, 2.05) is 24.3 Å². The Morgan fingerprint density at radius 1 is 1.32 bits per heavy atom. The molecule has 0 N–H and O–H groups in total. The van der Waals surface area contributed by atoms with Crippen molar-refractivity contribution in [2.24, 2.45) is 0 Å². The van der Waals surface area contributed by atoms with Gasteiger partial charge in [0.25, 0.3) is 0 Å². The molecule has 1 aromatic heterocycles. The van der Waals surface area contributed by atoms with E-state index in [0.29, 0.717) is 24.0 Å². The van der Waals surface area contributed by atoms with Gasteiger partial charge in [0, 0.05) is 18.0 Å². The molecule has 6 heteroatoms. The minimum atomic E-state index is 0.434. The first kappa shape index (κ1) is 15.2. The molecule has 0 aliphatic carbocycles. The largest absolute Gasteiger partial charge is 0.378 e. The van der Waals surface area contributed by atoms with Crippen LogP contribution >= 0.6 is 50.1 Å². The highest BCUT2D eigenvalue weighted by molar-refractivity contribution is 14.1. The van der Waals surface area contributed by atoms with Gasteiger partial charge in [0.1, 0.15) is 11.0 Å². The van der Waals surface area contributed by atoms with Crippen molar-refractivity contribution in [1.82, 2.24) is 9.97 Å². The molecule has 1 heterocycles. The predicted molar refractivity (Wildman–Crippen MR) is 87.4 cm³/mol. The molecule has 19 heavy (non-hydrogen) atoms. The van der Waals surface area contributed by atoms with E-state index < -0.39 is 0 Å². The number of nitrogens with zero attached hydrogens (tertiary/aromatic N) is 2. The monoisotopic (exact) mass is 452 g/mol. The van der Waals surface area contributed by atoms with Crippen LogP contribution in [0.1, 0.15) is 17.1 Å². The summed E-state index contributed by atoms with van der Waals surface area (Å²) in [7, 11) is 1.64. The van der Waals surface area contributed by atoms with Crippen LogP contribution in [0.5, 0.6) is 0 Å². The normalized spacial score (nSPS) is 10.7. The number of rotatable bonds is 4. The fourth-order valence-electron chi connectivity index (χ4n) is 1.63. The molecule has 0 spiro atoms. The quantitative estimate of drug-likeness (QED) is 0.513. The van der Waals surface area contributed by atoms with Crippen LogP contribution in [0.4, 0.5) is 0 Å². The summed E-state index contributed by atoms with van der Waals surface area (Å²) in [4.78, 5) is 8.83. The van der Waals surface area contributed by atoms with Crippen molar-refractivity contribution >= 4 is 50.1 Å². The van der Waals surface area contributed by atoms with E-state index in [9.17, 15) is 0 Å². The maximum absolute atomic E-state index is 6.13. The van der Waals surface area contributed by atoms with Gasteiger partial charge in [0.2, 0.25) is 0 Å². The summed E-state index contributed by atoms with van der Waals surface area (Å²) < 4.78 is 7.02. The summed E-state index contributed by atoms with van der Waals surface area (Å²) >= 11 is 11.8. The highest BCUT2D eigenvalue weighted by atomic mass is 127. The van der Waals surface area contributed by atoms with Crippen molar-refractivity contribution in [2.45, 2.75) is 13.0 Å². The third-order valence-corrected chi connectivity index (χ3v) is 5.01. The van der Waals surface area contributed by atoms with Crippen LogP contribution in [0, 0.1) is 3.57 Å². The number of hydrogen-bond donors (Lipinski definition) is 0. The standard InChI is InChI=1S/C13H11BrClIN2O/c1-19-7-10-12(16)13(15)18-11(17-10)6-8-4-2-3-5-9(8)14/h2-5H,6-7H2,1H3. The predicted octanol–water partition coefficient (Wildman–Crippen LogP) is 4.23. The van der Waals surface area contributed by atoms with E-state index in [2.05, 4.69) is 48.5 Å². The fraction of sp³-hybridized carbons (Fsp3) is 0.231. The number of hydrogen-bond acceptors (Lipinski definition) is 3. The van der Waals surface area contributed by atoms with Gasteiger partial charge in [-0.25, -0.2) is 9.97 Å². The molecule has 100 valence electrons. The molecule has 0 atom stereocenters. The Morgan fingerprint density at radius 3 is 2.74 bits per heavy atom. The molecule has 0 bridgehead atoms. The Hall–Kier alpha value is -0.240. The van der Waals surface area contributed by atoms with Gasteiger partial charge in [-0.15, -0.1) is 0 Å². The van der Waals surface area contributed by atoms with Gasteiger partial charge < -0.3 is 4.74 Å². The molecule has 0 fully saturated rings. The molecule has 1 aromatic carbocycles. The molecule has 2 aromatic rings. The average Bonchev–Trinajstić information content (AvgIpc) is 2.38. The lowest BCUT2D eigenvalue weighted by Crippen LogP contribution is -2.05. The molecule has 0 unspecified atom stereocenters. The van der Waals surface area contributed by atoms with Crippen molar-refractivity contribution in [2.75, 3.05) is 7.11 Å². The smallest absolute Gasteiger partial charge is 0.146 e. The summed E-state index contributed by atoms with van der Waals surface area (Å²) in [6.45, 7) is 0.434.